The molecule has 0 radical (unpaired) electrons. The summed E-state index contributed by atoms with van der Waals surface area (Å²) in [6, 6.07) is 6.06. The van der Waals surface area contributed by atoms with Gasteiger partial charge in [-0.2, -0.15) is 5.10 Å². The molecule has 2 heterocycles. The molecular weight excluding hydrogens is 369 g/mol. The molecule has 1 aromatic carbocycles. The van der Waals surface area contributed by atoms with Crippen molar-refractivity contribution in [2.75, 3.05) is 12.4 Å². The Morgan fingerprint density at radius 1 is 1.15 bits per heavy atom. The molecule has 0 aliphatic heterocycles. The van der Waals surface area contributed by atoms with Crippen LogP contribution in [0.1, 0.15) is 31.2 Å². The Morgan fingerprint density at radius 2 is 1.85 bits per heavy atom. The quantitative estimate of drug-likeness (QED) is 0.355. The first-order valence-electron chi connectivity index (χ1n) is 6.92. The number of amides is 1. The molecule has 0 aliphatic carbocycles. The third-order valence-electron chi connectivity index (χ3n) is 3.35. The van der Waals surface area contributed by atoms with Crippen LogP contribution in [-0.4, -0.2) is 45.1 Å². The van der Waals surface area contributed by atoms with Crippen LogP contribution >= 0.6 is 0 Å². The summed E-state index contributed by atoms with van der Waals surface area (Å²) in [6.07, 6.45) is 1.01. The molecule has 0 atom stereocenters. The number of carbonyl (C=O) groups is 3. The van der Waals surface area contributed by atoms with Gasteiger partial charge in [0.15, 0.2) is 5.82 Å². The van der Waals surface area contributed by atoms with Crippen LogP contribution in [0.2, 0.25) is 0 Å². The van der Waals surface area contributed by atoms with E-state index < -0.39 is 17.8 Å². The number of carboxylic acids is 1. The van der Waals surface area contributed by atoms with Crippen molar-refractivity contribution in [2.45, 2.75) is 0 Å². The summed E-state index contributed by atoms with van der Waals surface area (Å²) in [4.78, 5) is 42.7. The van der Waals surface area contributed by atoms with Crippen molar-refractivity contribution in [1.29, 1.82) is 0 Å². The van der Waals surface area contributed by atoms with Gasteiger partial charge in [-0.15, -0.1) is 0 Å². The van der Waals surface area contributed by atoms with Crippen molar-refractivity contribution in [2.24, 2.45) is 0 Å². The second-order valence-electron chi connectivity index (χ2n) is 4.80. The number of fused-ring (bicyclic) bond motifs is 1. The van der Waals surface area contributed by atoms with Crippen LogP contribution in [0.4, 0.5) is 5.82 Å². The summed E-state index contributed by atoms with van der Waals surface area (Å²) in [5.74, 6) is -2.82. The fraction of sp³-hybridized carbons (Fsp3) is 0.0667. The average Bonchev–Trinajstić information content (AvgIpc) is 3.03. The zero-order chi connectivity index (χ0) is 18.0. The Bertz CT molecular complexity index is 1000. The molecule has 0 unspecified atom stereocenters. The third kappa shape index (κ3) is 3.81. The fourth-order valence-corrected chi connectivity index (χ4v) is 2.22. The van der Waals surface area contributed by atoms with E-state index in [1.54, 1.807) is 12.1 Å². The van der Waals surface area contributed by atoms with E-state index in [1.807, 2.05) is 0 Å². The number of carbonyl (C=O) groups excluding carboxylic acids is 3. The molecule has 126 valence electrons. The first kappa shape index (κ1) is 20.1. The van der Waals surface area contributed by atoms with Crippen molar-refractivity contribution in [1.82, 2.24) is 20.2 Å². The van der Waals surface area contributed by atoms with Gasteiger partial charge in [-0.1, -0.05) is 12.1 Å². The molecule has 10 nitrogen and oxygen atoms in total. The normalized spacial score (nSPS) is 10.0. The molecule has 0 saturated heterocycles. The zero-order valence-electron chi connectivity index (χ0n) is 13.8. The van der Waals surface area contributed by atoms with Crippen LogP contribution in [-0.2, 0) is 4.74 Å². The largest absolute Gasteiger partial charge is 1.00 e. The Kier molecular flexibility index (Phi) is 6.55. The average molecular weight is 379 g/mol. The van der Waals surface area contributed by atoms with Crippen LogP contribution in [0.15, 0.2) is 30.6 Å². The monoisotopic (exact) mass is 379 g/mol. The predicted octanol–water partition coefficient (Wildman–Crippen LogP) is -3.24. The Morgan fingerprint density at radius 3 is 2.50 bits per heavy atom. The molecule has 0 spiro atoms. The molecule has 3 aromatic rings. The van der Waals surface area contributed by atoms with Gasteiger partial charge in [0, 0.05) is 0 Å². The van der Waals surface area contributed by atoms with E-state index in [1.165, 1.54) is 19.2 Å². The van der Waals surface area contributed by atoms with E-state index >= 15 is 0 Å². The topological polar surface area (TPSA) is 150 Å². The van der Waals surface area contributed by atoms with Gasteiger partial charge in [-0.05, 0) is 12.1 Å². The Labute approximate surface area is 188 Å². The van der Waals surface area contributed by atoms with Gasteiger partial charge >= 0.3 is 57.4 Å². The number of benzene rings is 1. The number of rotatable bonds is 4. The molecule has 0 fully saturated rings. The van der Waals surface area contributed by atoms with Crippen molar-refractivity contribution in [3.05, 3.63) is 47.4 Å². The number of anilines is 1. The summed E-state index contributed by atoms with van der Waals surface area (Å²) in [7, 11) is 1.20. The molecule has 11 heteroatoms. The molecule has 2 aromatic heterocycles. The van der Waals surface area contributed by atoms with E-state index in [9.17, 15) is 19.5 Å². The van der Waals surface area contributed by atoms with Gasteiger partial charge in [0.2, 0.25) is 0 Å². The maximum Gasteiger partial charge on any atom is 1.00 e. The molecule has 3 rings (SSSR count). The van der Waals surface area contributed by atoms with E-state index in [0.717, 1.165) is 6.33 Å². The van der Waals surface area contributed by atoms with Crippen LogP contribution in [0.25, 0.3) is 11.0 Å². The zero-order valence-corrected chi connectivity index (χ0v) is 16.9. The molecule has 1 amide bonds. The number of H-pyrrole nitrogens is 1. The number of aromatic amines is 1. The number of ether oxygens (including phenoxy) is 1. The third-order valence-corrected chi connectivity index (χ3v) is 3.35. The van der Waals surface area contributed by atoms with Crippen molar-refractivity contribution in [3.63, 3.8) is 0 Å². The van der Waals surface area contributed by atoms with E-state index in [2.05, 4.69) is 30.2 Å². The van der Waals surface area contributed by atoms with Gasteiger partial charge < -0.3 is 20.0 Å². The fourth-order valence-electron chi connectivity index (χ4n) is 2.22. The molecule has 2 N–H and O–H groups in total. The number of nitrogens with one attached hydrogen (secondary N) is 2. The minimum atomic E-state index is -1.51. The van der Waals surface area contributed by atoms with Crippen molar-refractivity contribution in [3.8, 4) is 0 Å². The smallest absolute Gasteiger partial charge is 0.543 e. The first-order valence-corrected chi connectivity index (χ1v) is 6.92. The summed E-state index contributed by atoms with van der Waals surface area (Å²) >= 11 is 0. The second kappa shape index (κ2) is 8.47. The van der Waals surface area contributed by atoms with Gasteiger partial charge in [-0.3, -0.25) is 9.89 Å². The van der Waals surface area contributed by atoms with E-state index in [-0.39, 0.29) is 85.1 Å². The maximum absolute atomic E-state index is 12.5. The van der Waals surface area contributed by atoms with Crippen LogP contribution in [0.3, 0.4) is 0 Å². The summed E-state index contributed by atoms with van der Waals surface area (Å²) in [5, 5.41) is 19.8. The Balaban J connectivity index is 0.00000243. The van der Waals surface area contributed by atoms with Crippen LogP contribution < -0.4 is 61.8 Å². The standard InChI is InChI=1S/C15H11N5O5.K/c1-25-15(24)8-5-3-2-4-7(8)13(21)18-12-10-9(19-20-12)11(14(22)23)17-6-16-10;/h2-6H,1H3,(H,22,23)(H2,18,19,20,21);/q;+1/p-1. The van der Waals surface area contributed by atoms with Crippen LogP contribution in [0.5, 0.6) is 0 Å². The molecular formula is C15H10KN5O5. The Hall–Kier alpha value is -2.18. The summed E-state index contributed by atoms with van der Waals surface area (Å²) < 4.78 is 4.64. The number of nitrogens with zero attached hydrogens (tertiary/aromatic N) is 3. The minimum Gasteiger partial charge on any atom is -0.543 e. The van der Waals surface area contributed by atoms with Crippen molar-refractivity contribution < 1.29 is 75.6 Å². The van der Waals surface area contributed by atoms with Gasteiger partial charge in [0.1, 0.15) is 23.1 Å². The number of methoxy groups -OCH3 is 1. The molecule has 26 heavy (non-hydrogen) atoms. The second-order valence-corrected chi connectivity index (χ2v) is 4.80. The predicted molar refractivity (Wildman–Crippen MR) is 81.7 cm³/mol. The van der Waals surface area contributed by atoms with Crippen LogP contribution in [0, 0.1) is 0 Å². The number of aromatic carboxylic acids is 1. The van der Waals surface area contributed by atoms with Gasteiger partial charge in [0.25, 0.3) is 5.91 Å². The van der Waals surface area contributed by atoms with E-state index in [0.29, 0.717) is 0 Å². The number of hydrogen-bond acceptors (Lipinski definition) is 8. The SMILES string of the molecule is COC(=O)c1ccccc1C(=O)Nc1n[nH]c2c(C(=O)[O-])ncnc12.[K+]. The van der Waals surface area contributed by atoms with E-state index in [4.69, 9.17) is 0 Å². The summed E-state index contributed by atoms with van der Waals surface area (Å²) in [5.41, 5.74) is -0.128. The summed E-state index contributed by atoms with van der Waals surface area (Å²) in [6.45, 7) is 0. The molecule has 0 saturated carbocycles. The van der Waals surface area contributed by atoms with Gasteiger partial charge in [0.05, 0.1) is 24.2 Å². The maximum atomic E-state index is 12.5. The number of esters is 1. The number of aromatic nitrogens is 4. The minimum absolute atomic E-state index is 0. The van der Waals surface area contributed by atoms with Gasteiger partial charge in [-0.25, -0.2) is 14.8 Å². The first-order chi connectivity index (χ1) is 12.0. The number of carboxylic acid groups (broad SMARTS) is 1. The molecule has 0 aliphatic rings. The van der Waals surface area contributed by atoms with Crippen molar-refractivity contribution >= 4 is 34.7 Å². The number of hydrogen-bond donors (Lipinski definition) is 2. The molecule has 0 bridgehead atoms.